The van der Waals surface area contributed by atoms with Crippen LogP contribution in [-0.4, -0.2) is 31.3 Å². The van der Waals surface area contributed by atoms with Crippen molar-refractivity contribution in [2.75, 3.05) is 0 Å². The molecule has 0 amide bonds. The summed E-state index contributed by atoms with van der Waals surface area (Å²) < 4.78 is 41.1. The molecule has 1 N–H and O–H groups in total. The molecule has 9 heteroatoms. The number of rotatable bonds is 4. The Balaban J connectivity index is 2.00. The molecule has 1 aliphatic carbocycles. The molecule has 0 atom stereocenters. The third-order valence-corrected chi connectivity index (χ3v) is 3.57. The Hall–Kier alpha value is -2.45. The zero-order valence-electron chi connectivity index (χ0n) is 10.6. The van der Waals surface area contributed by atoms with E-state index in [0.717, 1.165) is 16.8 Å². The van der Waals surface area contributed by atoms with Crippen LogP contribution in [0.1, 0.15) is 12.8 Å². The van der Waals surface area contributed by atoms with E-state index in [0.29, 0.717) is 12.8 Å². The lowest BCUT2D eigenvalue weighted by molar-refractivity contribution is -0.144. The first-order valence-corrected chi connectivity index (χ1v) is 6.08. The van der Waals surface area contributed by atoms with Crippen LogP contribution in [0.3, 0.4) is 0 Å². The maximum absolute atomic E-state index is 13.8. The van der Waals surface area contributed by atoms with Crippen LogP contribution in [-0.2, 0) is 11.3 Å². The number of nitrogens with zero attached hydrogens (tertiary/aromatic N) is 4. The molecule has 110 valence electrons. The van der Waals surface area contributed by atoms with Crippen molar-refractivity contribution in [3.63, 3.8) is 0 Å². The van der Waals surface area contributed by atoms with Gasteiger partial charge in [0.05, 0.1) is 17.5 Å². The summed E-state index contributed by atoms with van der Waals surface area (Å²) in [5, 5.41) is 19.7. The number of aromatic nitrogens is 4. The number of benzene rings is 1. The predicted octanol–water partition coefficient (Wildman–Crippen LogP) is 1.62. The second-order valence-corrected chi connectivity index (χ2v) is 4.97. The van der Waals surface area contributed by atoms with Crippen LogP contribution in [0.2, 0.25) is 0 Å². The van der Waals surface area contributed by atoms with E-state index in [1.54, 1.807) is 0 Å². The molecule has 1 saturated carbocycles. The smallest absolute Gasteiger partial charge is 0.311 e. The minimum atomic E-state index is -1.62. The van der Waals surface area contributed by atoms with Gasteiger partial charge in [0.15, 0.2) is 23.3 Å². The zero-order chi connectivity index (χ0) is 15.2. The summed E-state index contributed by atoms with van der Waals surface area (Å²) in [6, 6.07) is 1.77. The molecule has 0 unspecified atom stereocenters. The van der Waals surface area contributed by atoms with Gasteiger partial charge in [-0.2, -0.15) is 0 Å². The van der Waals surface area contributed by atoms with Gasteiger partial charge in [0, 0.05) is 0 Å². The number of aliphatic carboxylic acids is 1. The first-order chi connectivity index (χ1) is 9.94. The average molecular weight is 298 g/mol. The van der Waals surface area contributed by atoms with E-state index in [-0.39, 0.29) is 17.9 Å². The zero-order valence-corrected chi connectivity index (χ0v) is 10.6. The molecular weight excluding hydrogens is 289 g/mol. The number of carboxylic acids is 1. The van der Waals surface area contributed by atoms with E-state index in [2.05, 4.69) is 15.5 Å². The van der Waals surface area contributed by atoms with Crippen LogP contribution in [0, 0.1) is 22.9 Å². The predicted molar refractivity (Wildman–Crippen MR) is 62.4 cm³/mol. The highest BCUT2D eigenvalue weighted by atomic mass is 19.2. The number of carboxylic acid groups (broad SMARTS) is 1. The number of hydrogen-bond acceptors (Lipinski definition) is 4. The van der Waals surface area contributed by atoms with E-state index in [1.807, 2.05) is 0 Å². The average Bonchev–Trinajstić information content (AvgIpc) is 3.10. The second kappa shape index (κ2) is 4.54. The van der Waals surface area contributed by atoms with Crippen molar-refractivity contribution in [1.82, 2.24) is 20.2 Å². The largest absolute Gasteiger partial charge is 0.481 e. The van der Waals surface area contributed by atoms with E-state index in [9.17, 15) is 18.0 Å². The minimum absolute atomic E-state index is 0.0525. The topological polar surface area (TPSA) is 80.9 Å². The molecule has 0 spiro atoms. The Morgan fingerprint density at radius 3 is 2.62 bits per heavy atom. The van der Waals surface area contributed by atoms with Crippen LogP contribution in [0.5, 0.6) is 0 Å². The van der Waals surface area contributed by atoms with Gasteiger partial charge in [0.2, 0.25) is 0 Å². The molecule has 1 aromatic carbocycles. The second-order valence-electron chi connectivity index (χ2n) is 4.97. The van der Waals surface area contributed by atoms with Crippen LogP contribution >= 0.6 is 0 Å². The van der Waals surface area contributed by atoms with Gasteiger partial charge in [0.25, 0.3) is 0 Å². The molecule has 0 radical (unpaired) electrons. The fraction of sp³-hybridized carbons (Fsp3) is 0.333. The van der Waals surface area contributed by atoms with Gasteiger partial charge in [-0.25, -0.2) is 17.9 Å². The van der Waals surface area contributed by atoms with Crippen LogP contribution in [0.25, 0.3) is 11.4 Å². The van der Waals surface area contributed by atoms with Gasteiger partial charge >= 0.3 is 5.97 Å². The van der Waals surface area contributed by atoms with E-state index in [4.69, 9.17) is 5.11 Å². The molecular formula is C12H9F3N4O2. The fourth-order valence-corrected chi connectivity index (χ4v) is 2.08. The molecule has 3 rings (SSSR count). The highest BCUT2D eigenvalue weighted by Gasteiger charge is 2.51. The van der Waals surface area contributed by atoms with Crippen molar-refractivity contribution in [1.29, 1.82) is 0 Å². The van der Waals surface area contributed by atoms with Gasteiger partial charge in [-0.15, -0.1) is 5.10 Å². The van der Waals surface area contributed by atoms with E-state index < -0.39 is 28.8 Å². The standard InChI is InChI=1S/C12H9F3N4O2/c13-7-2-1-6(8(14)9(7)15)10-16-17-18-19(10)5-12(3-4-12)11(20)21/h1-2H,3-5H2,(H,20,21). The first-order valence-electron chi connectivity index (χ1n) is 6.08. The lowest BCUT2D eigenvalue weighted by Gasteiger charge is -2.11. The maximum Gasteiger partial charge on any atom is 0.311 e. The SMILES string of the molecule is O=C(O)C1(Cn2nnnc2-c2ccc(F)c(F)c2F)CC1. The summed E-state index contributed by atoms with van der Waals surface area (Å²) in [5.74, 6) is -5.49. The number of hydrogen-bond donors (Lipinski definition) is 1. The molecule has 0 saturated heterocycles. The summed E-state index contributed by atoms with van der Waals surface area (Å²) in [5.41, 5.74) is -1.29. The van der Waals surface area contributed by atoms with Crippen LogP contribution in [0.15, 0.2) is 12.1 Å². The maximum atomic E-state index is 13.8. The van der Waals surface area contributed by atoms with Crippen molar-refractivity contribution in [3.05, 3.63) is 29.6 Å². The normalized spacial score (nSPS) is 16.0. The first kappa shape index (κ1) is 13.5. The molecule has 1 aromatic heterocycles. The highest BCUT2D eigenvalue weighted by molar-refractivity contribution is 5.77. The van der Waals surface area contributed by atoms with Gasteiger partial charge in [-0.3, -0.25) is 4.79 Å². The lowest BCUT2D eigenvalue weighted by atomic mass is 10.1. The third-order valence-electron chi connectivity index (χ3n) is 3.57. The summed E-state index contributed by atoms with van der Waals surface area (Å²) in [6.45, 7) is -0.0525. The lowest BCUT2D eigenvalue weighted by Crippen LogP contribution is -2.23. The Bertz CT molecular complexity index is 727. The van der Waals surface area contributed by atoms with Crippen LogP contribution in [0.4, 0.5) is 13.2 Å². The molecule has 0 bridgehead atoms. The minimum Gasteiger partial charge on any atom is -0.481 e. The highest BCUT2D eigenvalue weighted by Crippen LogP contribution is 2.47. The quantitative estimate of drug-likeness (QED) is 0.868. The monoisotopic (exact) mass is 298 g/mol. The van der Waals surface area contributed by atoms with Crippen molar-refractivity contribution in [2.24, 2.45) is 5.41 Å². The van der Waals surface area contributed by atoms with E-state index >= 15 is 0 Å². The van der Waals surface area contributed by atoms with Crippen molar-refractivity contribution in [2.45, 2.75) is 19.4 Å². The molecule has 2 aromatic rings. The Labute approximate surface area is 116 Å². The molecule has 1 fully saturated rings. The van der Waals surface area contributed by atoms with E-state index in [1.165, 1.54) is 0 Å². The molecule has 1 aliphatic rings. The van der Waals surface area contributed by atoms with Crippen molar-refractivity contribution < 1.29 is 23.1 Å². The summed E-state index contributed by atoms with van der Waals surface area (Å²) >= 11 is 0. The Kier molecular flexibility index (Phi) is 2.92. The van der Waals surface area contributed by atoms with Gasteiger partial charge in [0.1, 0.15) is 0 Å². The van der Waals surface area contributed by atoms with Crippen molar-refractivity contribution in [3.8, 4) is 11.4 Å². The van der Waals surface area contributed by atoms with Gasteiger partial charge in [-0.05, 0) is 35.4 Å². The summed E-state index contributed by atoms with van der Waals surface area (Å²) in [7, 11) is 0. The van der Waals surface area contributed by atoms with Gasteiger partial charge < -0.3 is 5.11 Å². The number of carbonyl (C=O) groups is 1. The van der Waals surface area contributed by atoms with Crippen LogP contribution < -0.4 is 0 Å². The summed E-state index contributed by atoms with van der Waals surface area (Å²) in [6.07, 6.45) is 0.920. The molecule has 0 aliphatic heterocycles. The number of tetrazole rings is 1. The van der Waals surface area contributed by atoms with Crippen molar-refractivity contribution >= 4 is 5.97 Å². The third kappa shape index (κ3) is 2.14. The molecule has 1 heterocycles. The molecule has 6 nitrogen and oxygen atoms in total. The number of halogens is 3. The van der Waals surface area contributed by atoms with Gasteiger partial charge in [-0.1, -0.05) is 0 Å². The Morgan fingerprint density at radius 2 is 2.00 bits per heavy atom. The fourth-order valence-electron chi connectivity index (χ4n) is 2.08. The summed E-state index contributed by atoms with van der Waals surface area (Å²) in [4.78, 5) is 11.2. The molecule has 21 heavy (non-hydrogen) atoms. The Morgan fingerprint density at radius 1 is 1.29 bits per heavy atom.